The fourth-order valence-corrected chi connectivity index (χ4v) is 2.11. The van der Waals surface area contributed by atoms with E-state index in [0.29, 0.717) is 18.1 Å². The van der Waals surface area contributed by atoms with E-state index < -0.39 is 0 Å². The Morgan fingerprint density at radius 3 is 2.38 bits per heavy atom. The van der Waals surface area contributed by atoms with E-state index in [4.69, 9.17) is 27.8 Å². The van der Waals surface area contributed by atoms with Crippen molar-refractivity contribution in [3.63, 3.8) is 0 Å². The van der Waals surface area contributed by atoms with Crippen molar-refractivity contribution in [2.75, 3.05) is 20.2 Å². The van der Waals surface area contributed by atoms with Crippen LogP contribution in [0.5, 0.6) is 5.75 Å². The molecule has 1 aromatic rings. The van der Waals surface area contributed by atoms with Crippen molar-refractivity contribution in [3.8, 4) is 5.75 Å². The molecule has 0 amide bonds. The van der Waals surface area contributed by atoms with Gasteiger partial charge >= 0.3 is 0 Å². The van der Waals surface area contributed by atoms with Crippen molar-refractivity contribution in [3.05, 3.63) is 28.8 Å². The zero-order valence-corrected chi connectivity index (χ0v) is 10.5. The van der Waals surface area contributed by atoms with Crippen LogP contribution in [0.1, 0.15) is 18.4 Å². The van der Waals surface area contributed by atoms with Crippen molar-refractivity contribution < 1.29 is 4.74 Å². The molecule has 0 heterocycles. The normalized spacial score (nSPS) is 12.9. The first-order valence-corrected chi connectivity index (χ1v) is 5.75. The SMILES string of the molecule is COc1ccc(C(C)C(CN)CN)c(Cl)c1. The molecule has 4 heteroatoms. The molecule has 16 heavy (non-hydrogen) atoms. The predicted molar refractivity (Wildman–Crippen MR) is 68.0 cm³/mol. The highest BCUT2D eigenvalue weighted by Gasteiger charge is 2.18. The summed E-state index contributed by atoms with van der Waals surface area (Å²) in [5, 5.41) is 0.707. The van der Waals surface area contributed by atoms with Gasteiger partial charge in [0.2, 0.25) is 0 Å². The number of halogens is 1. The maximum atomic E-state index is 6.20. The molecule has 0 radical (unpaired) electrons. The highest BCUT2D eigenvalue weighted by atomic mass is 35.5. The predicted octanol–water partition coefficient (Wildman–Crippen LogP) is 1.99. The minimum absolute atomic E-state index is 0.255. The van der Waals surface area contributed by atoms with E-state index in [0.717, 1.165) is 11.3 Å². The van der Waals surface area contributed by atoms with Crippen molar-refractivity contribution in [2.24, 2.45) is 17.4 Å². The maximum absolute atomic E-state index is 6.20. The summed E-state index contributed by atoms with van der Waals surface area (Å²) in [5.74, 6) is 1.28. The van der Waals surface area contributed by atoms with E-state index in [9.17, 15) is 0 Å². The molecule has 0 bridgehead atoms. The van der Waals surface area contributed by atoms with Crippen LogP contribution in [0.2, 0.25) is 5.02 Å². The van der Waals surface area contributed by atoms with E-state index >= 15 is 0 Å². The Morgan fingerprint density at radius 1 is 1.31 bits per heavy atom. The third-order valence-corrected chi connectivity index (χ3v) is 3.34. The molecule has 1 rings (SSSR count). The van der Waals surface area contributed by atoms with Crippen LogP contribution < -0.4 is 16.2 Å². The van der Waals surface area contributed by atoms with Gasteiger partial charge in [0, 0.05) is 5.02 Å². The quantitative estimate of drug-likeness (QED) is 0.830. The van der Waals surface area contributed by atoms with Gasteiger partial charge in [0.25, 0.3) is 0 Å². The first-order valence-electron chi connectivity index (χ1n) is 5.37. The molecule has 0 spiro atoms. The molecular weight excluding hydrogens is 224 g/mol. The van der Waals surface area contributed by atoms with E-state index in [1.54, 1.807) is 7.11 Å². The number of methoxy groups -OCH3 is 1. The van der Waals surface area contributed by atoms with Gasteiger partial charge in [-0.25, -0.2) is 0 Å². The largest absolute Gasteiger partial charge is 0.497 e. The zero-order chi connectivity index (χ0) is 12.1. The number of nitrogens with two attached hydrogens (primary N) is 2. The van der Waals surface area contributed by atoms with Gasteiger partial charge in [-0.3, -0.25) is 0 Å². The summed E-state index contributed by atoms with van der Waals surface area (Å²) < 4.78 is 5.11. The molecule has 0 saturated carbocycles. The minimum Gasteiger partial charge on any atom is -0.497 e. The van der Waals surface area contributed by atoms with Crippen LogP contribution in [-0.2, 0) is 0 Å². The molecule has 0 fully saturated rings. The molecule has 0 saturated heterocycles. The van der Waals surface area contributed by atoms with E-state index in [2.05, 4.69) is 6.92 Å². The van der Waals surface area contributed by atoms with Gasteiger partial charge in [-0.1, -0.05) is 24.6 Å². The molecule has 0 aromatic heterocycles. The summed E-state index contributed by atoms with van der Waals surface area (Å²) in [5.41, 5.74) is 12.4. The van der Waals surface area contributed by atoms with Crippen LogP contribution in [0.4, 0.5) is 0 Å². The molecule has 1 unspecified atom stereocenters. The van der Waals surface area contributed by atoms with E-state index in [1.807, 2.05) is 18.2 Å². The summed E-state index contributed by atoms with van der Waals surface area (Å²) in [6.07, 6.45) is 0. The summed E-state index contributed by atoms with van der Waals surface area (Å²) in [4.78, 5) is 0. The summed E-state index contributed by atoms with van der Waals surface area (Å²) in [7, 11) is 1.62. The highest BCUT2D eigenvalue weighted by Crippen LogP contribution is 2.31. The fourth-order valence-electron chi connectivity index (χ4n) is 1.76. The average molecular weight is 243 g/mol. The highest BCUT2D eigenvalue weighted by molar-refractivity contribution is 6.31. The van der Waals surface area contributed by atoms with Crippen LogP contribution in [-0.4, -0.2) is 20.2 Å². The molecule has 0 aliphatic heterocycles. The summed E-state index contributed by atoms with van der Waals surface area (Å²) in [6.45, 7) is 3.23. The van der Waals surface area contributed by atoms with Crippen LogP contribution in [0.3, 0.4) is 0 Å². The number of rotatable bonds is 5. The second-order valence-corrected chi connectivity index (χ2v) is 4.31. The van der Waals surface area contributed by atoms with Gasteiger partial charge in [-0.2, -0.15) is 0 Å². The lowest BCUT2D eigenvalue weighted by atomic mass is 9.87. The Balaban J connectivity index is 2.95. The van der Waals surface area contributed by atoms with Gasteiger partial charge in [0.1, 0.15) is 5.75 Å². The number of benzene rings is 1. The van der Waals surface area contributed by atoms with Gasteiger partial charge in [0.15, 0.2) is 0 Å². The molecular formula is C12H19ClN2O. The molecule has 3 nitrogen and oxygen atoms in total. The van der Waals surface area contributed by atoms with Crippen molar-refractivity contribution in [2.45, 2.75) is 12.8 Å². The number of ether oxygens (including phenoxy) is 1. The number of hydrogen-bond donors (Lipinski definition) is 2. The van der Waals surface area contributed by atoms with Crippen molar-refractivity contribution >= 4 is 11.6 Å². The monoisotopic (exact) mass is 242 g/mol. The Kier molecular flexibility index (Phi) is 5.06. The second-order valence-electron chi connectivity index (χ2n) is 3.91. The average Bonchev–Trinajstić information content (AvgIpc) is 2.30. The minimum atomic E-state index is 0.255. The maximum Gasteiger partial charge on any atom is 0.120 e. The van der Waals surface area contributed by atoms with Crippen molar-refractivity contribution in [1.29, 1.82) is 0 Å². The van der Waals surface area contributed by atoms with Gasteiger partial charge in [-0.15, -0.1) is 0 Å². The summed E-state index contributed by atoms with van der Waals surface area (Å²) >= 11 is 6.20. The molecule has 0 aliphatic rings. The van der Waals surface area contributed by atoms with Crippen LogP contribution in [0.15, 0.2) is 18.2 Å². The Morgan fingerprint density at radius 2 is 1.94 bits per heavy atom. The molecule has 0 aliphatic carbocycles. The standard InChI is InChI=1S/C12H19ClN2O/c1-8(9(6-14)7-15)11-4-3-10(16-2)5-12(11)13/h3-5,8-9H,6-7,14-15H2,1-2H3. The second kappa shape index (κ2) is 6.09. The van der Waals surface area contributed by atoms with Crippen molar-refractivity contribution in [1.82, 2.24) is 0 Å². The third kappa shape index (κ3) is 2.88. The lowest BCUT2D eigenvalue weighted by Gasteiger charge is -2.22. The topological polar surface area (TPSA) is 61.3 Å². The Hall–Kier alpha value is -0.770. The van der Waals surface area contributed by atoms with Gasteiger partial charge in [0.05, 0.1) is 7.11 Å². The first-order chi connectivity index (χ1) is 7.63. The van der Waals surface area contributed by atoms with Crippen LogP contribution >= 0.6 is 11.6 Å². The third-order valence-electron chi connectivity index (χ3n) is 3.01. The lowest BCUT2D eigenvalue weighted by molar-refractivity contribution is 0.414. The summed E-state index contributed by atoms with van der Waals surface area (Å²) in [6, 6.07) is 5.70. The van der Waals surface area contributed by atoms with E-state index in [1.165, 1.54) is 0 Å². The van der Waals surface area contributed by atoms with E-state index in [-0.39, 0.29) is 11.8 Å². The molecule has 1 atom stereocenters. The lowest BCUT2D eigenvalue weighted by Crippen LogP contribution is -2.28. The Labute approximate surface area is 102 Å². The fraction of sp³-hybridized carbons (Fsp3) is 0.500. The molecule has 90 valence electrons. The van der Waals surface area contributed by atoms with Crippen LogP contribution in [0, 0.1) is 5.92 Å². The smallest absolute Gasteiger partial charge is 0.120 e. The van der Waals surface area contributed by atoms with Gasteiger partial charge in [-0.05, 0) is 42.6 Å². The first kappa shape index (κ1) is 13.3. The zero-order valence-electron chi connectivity index (χ0n) is 9.74. The molecule has 4 N–H and O–H groups in total. The van der Waals surface area contributed by atoms with Crippen LogP contribution in [0.25, 0.3) is 0 Å². The molecule has 1 aromatic carbocycles. The Bertz CT molecular complexity index is 340. The van der Waals surface area contributed by atoms with Gasteiger partial charge < -0.3 is 16.2 Å². The number of hydrogen-bond acceptors (Lipinski definition) is 3.